The largest absolute Gasteiger partial charge is 0.312 e. The van der Waals surface area contributed by atoms with Crippen molar-refractivity contribution in [2.24, 2.45) is 0 Å². The van der Waals surface area contributed by atoms with E-state index in [0.29, 0.717) is 5.56 Å². The van der Waals surface area contributed by atoms with Crippen LogP contribution in [0.5, 0.6) is 0 Å². The topological polar surface area (TPSA) is 65.8 Å². The first-order chi connectivity index (χ1) is 8.19. The summed E-state index contributed by atoms with van der Waals surface area (Å²) in [6.45, 7) is 0. The molecule has 0 unspecified atom stereocenters. The van der Waals surface area contributed by atoms with Crippen LogP contribution in [0, 0.1) is 11.3 Å². The van der Waals surface area contributed by atoms with Gasteiger partial charge in [-0.3, -0.25) is 4.79 Å². The van der Waals surface area contributed by atoms with Crippen molar-refractivity contribution in [3.05, 3.63) is 45.5 Å². The number of nitrogens with one attached hydrogen (secondary N) is 1. The molecule has 0 aromatic carbocycles. The zero-order valence-corrected chi connectivity index (χ0v) is 10.9. The molecule has 0 spiro atoms. The van der Waals surface area contributed by atoms with Gasteiger partial charge in [-0.25, -0.2) is 4.98 Å². The number of pyridine rings is 1. The Morgan fingerprint density at radius 1 is 1.53 bits per heavy atom. The Bertz CT molecular complexity index is 586. The maximum absolute atomic E-state index is 11.8. The highest BCUT2D eigenvalue weighted by Crippen LogP contribution is 2.24. The summed E-state index contributed by atoms with van der Waals surface area (Å²) in [6.07, 6.45) is 1.37. The van der Waals surface area contributed by atoms with Gasteiger partial charge in [0, 0.05) is 16.0 Å². The van der Waals surface area contributed by atoms with Gasteiger partial charge in [-0.05, 0) is 34.1 Å². The van der Waals surface area contributed by atoms with Crippen LogP contribution < -0.4 is 5.32 Å². The van der Waals surface area contributed by atoms with Crippen LogP contribution in [0.3, 0.4) is 0 Å². The lowest BCUT2D eigenvalue weighted by atomic mass is 10.2. The lowest BCUT2D eigenvalue weighted by Crippen LogP contribution is -2.12. The van der Waals surface area contributed by atoms with Crippen molar-refractivity contribution < 1.29 is 4.79 Å². The fourth-order valence-electron chi connectivity index (χ4n) is 1.15. The average molecular weight is 308 g/mol. The molecule has 0 aliphatic rings. The second-order valence-electron chi connectivity index (χ2n) is 3.13. The summed E-state index contributed by atoms with van der Waals surface area (Å²) >= 11 is 4.73. The first-order valence-corrected chi connectivity index (χ1v) is 6.28. The zero-order chi connectivity index (χ0) is 12.3. The van der Waals surface area contributed by atoms with Gasteiger partial charge in [-0.2, -0.15) is 5.26 Å². The second-order valence-corrected chi connectivity index (χ2v) is 4.95. The van der Waals surface area contributed by atoms with Crippen LogP contribution in [0.25, 0.3) is 0 Å². The third-order valence-electron chi connectivity index (χ3n) is 1.93. The quantitative estimate of drug-likeness (QED) is 0.927. The summed E-state index contributed by atoms with van der Waals surface area (Å²) in [4.78, 5) is 15.7. The number of hydrogen-bond donors (Lipinski definition) is 1. The van der Waals surface area contributed by atoms with E-state index < -0.39 is 0 Å². The van der Waals surface area contributed by atoms with E-state index in [1.54, 1.807) is 6.07 Å². The number of carbonyl (C=O) groups excluding carboxylic acids is 1. The van der Waals surface area contributed by atoms with Gasteiger partial charge in [-0.15, -0.1) is 11.3 Å². The summed E-state index contributed by atoms with van der Waals surface area (Å²) in [5.74, 6) is -0.288. The van der Waals surface area contributed by atoms with Crippen molar-refractivity contribution in [2.75, 3.05) is 5.32 Å². The lowest BCUT2D eigenvalue weighted by molar-refractivity contribution is 0.102. The molecule has 2 rings (SSSR count). The standard InChI is InChI=1S/C11H6BrN3OS/c12-8-3-10(17-6-8)15-11(16)9-2-1-7(4-13)5-14-9/h1-3,5-6H,(H,15,16). The number of amides is 1. The molecule has 0 bridgehead atoms. The van der Waals surface area contributed by atoms with Crippen LogP contribution in [-0.2, 0) is 0 Å². The molecule has 0 radical (unpaired) electrons. The monoisotopic (exact) mass is 307 g/mol. The van der Waals surface area contributed by atoms with Gasteiger partial charge in [0.25, 0.3) is 5.91 Å². The molecular formula is C11H6BrN3OS. The van der Waals surface area contributed by atoms with Crippen LogP contribution >= 0.6 is 27.3 Å². The van der Waals surface area contributed by atoms with E-state index in [9.17, 15) is 4.79 Å². The number of nitrogens with zero attached hydrogens (tertiary/aromatic N) is 2. The van der Waals surface area contributed by atoms with Crippen molar-refractivity contribution >= 4 is 38.2 Å². The Hall–Kier alpha value is -1.71. The molecule has 0 saturated carbocycles. The SMILES string of the molecule is N#Cc1ccc(C(=O)Nc2cc(Br)cs2)nc1. The van der Waals surface area contributed by atoms with Crippen LogP contribution in [0.4, 0.5) is 5.00 Å². The summed E-state index contributed by atoms with van der Waals surface area (Å²) in [7, 11) is 0. The predicted octanol–water partition coefficient (Wildman–Crippen LogP) is 3.03. The molecule has 0 fully saturated rings. The number of rotatable bonds is 2. The number of aromatic nitrogens is 1. The maximum Gasteiger partial charge on any atom is 0.274 e. The van der Waals surface area contributed by atoms with Crippen molar-refractivity contribution in [1.82, 2.24) is 4.98 Å². The maximum atomic E-state index is 11.8. The molecule has 0 atom stereocenters. The van der Waals surface area contributed by atoms with Gasteiger partial charge in [0.15, 0.2) is 0 Å². The summed E-state index contributed by atoms with van der Waals surface area (Å²) in [6, 6.07) is 6.85. The third-order valence-corrected chi connectivity index (χ3v) is 3.54. The molecule has 6 heteroatoms. The molecule has 1 N–H and O–H groups in total. The molecule has 2 heterocycles. The minimum Gasteiger partial charge on any atom is -0.312 e. The molecule has 84 valence electrons. The first kappa shape index (κ1) is 11.8. The summed E-state index contributed by atoms with van der Waals surface area (Å²) in [5, 5.41) is 14.0. The van der Waals surface area contributed by atoms with Gasteiger partial charge in [0.1, 0.15) is 11.8 Å². The smallest absolute Gasteiger partial charge is 0.274 e. The van der Waals surface area contributed by atoms with Crippen molar-refractivity contribution in [1.29, 1.82) is 5.26 Å². The summed E-state index contributed by atoms with van der Waals surface area (Å²) < 4.78 is 0.922. The minimum absolute atomic E-state index is 0.286. The van der Waals surface area contributed by atoms with Gasteiger partial charge < -0.3 is 5.32 Å². The van der Waals surface area contributed by atoms with E-state index in [4.69, 9.17) is 5.26 Å². The molecule has 0 saturated heterocycles. The Balaban J connectivity index is 2.12. The van der Waals surface area contributed by atoms with E-state index >= 15 is 0 Å². The highest BCUT2D eigenvalue weighted by molar-refractivity contribution is 9.10. The van der Waals surface area contributed by atoms with Crippen LogP contribution in [0.1, 0.15) is 16.1 Å². The molecule has 4 nitrogen and oxygen atoms in total. The van der Waals surface area contributed by atoms with E-state index in [1.807, 2.05) is 17.5 Å². The second kappa shape index (κ2) is 5.08. The van der Waals surface area contributed by atoms with Gasteiger partial charge >= 0.3 is 0 Å². The Kier molecular flexibility index (Phi) is 3.52. The number of thiophene rings is 1. The molecule has 2 aromatic rings. The third kappa shape index (κ3) is 2.90. The first-order valence-electron chi connectivity index (χ1n) is 4.60. The van der Waals surface area contributed by atoms with E-state index in [1.165, 1.54) is 23.6 Å². The zero-order valence-electron chi connectivity index (χ0n) is 8.48. The van der Waals surface area contributed by atoms with E-state index in [-0.39, 0.29) is 11.6 Å². The van der Waals surface area contributed by atoms with Crippen molar-refractivity contribution in [3.63, 3.8) is 0 Å². The molecule has 0 aliphatic carbocycles. The molecular weight excluding hydrogens is 302 g/mol. The normalized spacial score (nSPS) is 9.65. The van der Waals surface area contributed by atoms with Crippen LogP contribution in [-0.4, -0.2) is 10.9 Å². The molecule has 0 aliphatic heterocycles. The fraction of sp³-hybridized carbons (Fsp3) is 0. The highest BCUT2D eigenvalue weighted by atomic mass is 79.9. The minimum atomic E-state index is -0.288. The Morgan fingerprint density at radius 2 is 2.35 bits per heavy atom. The lowest BCUT2D eigenvalue weighted by Gasteiger charge is -2.00. The van der Waals surface area contributed by atoms with Crippen molar-refractivity contribution in [2.45, 2.75) is 0 Å². The van der Waals surface area contributed by atoms with Crippen molar-refractivity contribution in [3.8, 4) is 6.07 Å². The molecule has 17 heavy (non-hydrogen) atoms. The average Bonchev–Trinajstić information content (AvgIpc) is 2.75. The fourth-order valence-corrected chi connectivity index (χ4v) is 2.46. The molecule has 2 aromatic heterocycles. The predicted molar refractivity (Wildman–Crippen MR) is 68.9 cm³/mol. The van der Waals surface area contributed by atoms with E-state index in [2.05, 4.69) is 26.2 Å². The number of carbonyl (C=O) groups is 1. The van der Waals surface area contributed by atoms with Gasteiger partial charge in [0.05, 0.1) is 10.6 Å². The van der Waals surface area contributed by atoms with E-state index in [0.717, 1.165) is 9.47 Å². The van der Waals surface area contributed by atoms with Gasteiger partial charge in [-0.1, -0.05) is 0 Å². The number of halogens is 1. The van der Waals surface area contributed by atoms with Crippen LogP contribution in [0.15, 0.2) is 34.2 Å². The Labute approximate surface area is 110 Å². The summed E-state index contributed by atoms with van der Waals surface area (Å²) in [5.41, 5.74) is 0.717. The Morgan fingerprint density at radius 3 is 2.88 bits per heavy atom. The number of anilines is 1. The number of nitriles is 1. The molecule has 1 amide bonds. The van der Waals surface area contributed by atoms with Crippen LogP contribution in [0.2, 0.25) is 0 Å². The number of hydrogen-bond acceptors (Lipinski definition) is 4. The van der Waals surface area contributed by atoms with Gasteiger partial charge in [0.2, 0.25) is 0 Å². The highest BCUT2D eigenvalue weighted by Gasteiger charge is 2.08.